The van der Waals surface area contributed by atoms with Crippen molar-refractivity contribution in [2.24, 2.45) is 0 Å². The van der Waals surface area contributed by atoms with Crippen LogP contribution in [0.1, 0.15) is 66.9 Å². The van der Waals surface area contributed by atoms with E-state index in [0.29, 0.717) is 16.3 Å². The second-order valence-electron chi connectivity index (χ2n) is 8.55. The van der Waals surface area contributed by atoms with Crippen molar-refractivity contribution in [3.8, 4) is 0 Å². The van der Waals surface area contributed by atoms with E-state index in [0.717, 1.165) is 36.1 Å². The summed E-state index contributed by atoms with van der Waals surface area (Å²) in [6.07, 6.45) is 3.74. The lowest BCUT2D eigenvalue weighted by Crippen LogP contribution is -2.22. The van der Waals surface area contributed by atoms with Crippen LogP contribution in [-0.2, 0) is 32.6 Å². The highest BCUT2D eigenvalue weighted by molar-refractivity contribution is 7.17. The molecule has 6 nitrogen and oxygen atoms in total. The molecule has 1 aliphatic rings. The van der Waals surface area contributed by atoms with Gasteiger partial charge in [0.1, 0.15) is 5.00 Å². The third kappa shape index (κ3) is 5.27. The van der Waals surface area contributed by atoms with Crippen LogP contribution in [-0.4, -0.2) is 24.4 Å². The number of carbonyl (C=O) groups excluding carboxylic acids is 3. The van der Waals surface area contributed by atoms with Gasteiger partial charge in [-0.25, -0.2) is 4.79 Å². The molecule has 0 saturated heterocycles. The first kappa shape index (κ1) is 22.0. The van der Waals surface area contributed by atoms with Crippen LogP contribution in [0.3, 0.4) is 0 Å². The quantitative estimate of drug-likeness (QED) is 0.678. The molecule has 0 bridgehead atoms. The van der Waals surface area contributed by atoms with Gasteiger partial charge in [-0.2, -0.15) is 0 Å². The Morgan fingerprint density at radius 3 is 2.33 bits per heavy atom. The van der Waals surface area contributed by atoms with Crippen molar-refractivity contribution >= 4 is 39.8 Å². The lowest BCUT2D eigenvalue weighted by atomic mass is 9.87. The molecule has 1 aromatic heterocycles. The van der Waals surface area contributed by atoms with Crippen LogP contribution in [0.25, 0.3) is 0 Å². The summed E-state index contributed by atoms with van der Waals surface area (Å²) in [5, 5.41) is 5.99. The number of nitrogens with one attached hydrogen (secondary N) is 2. The van der Waals surface area contributed by atoms with Crippen molar-refractivity contribution in [1.82, 2.24) is 0 Å². The largest absolute Gasteiger partial charge is 0.452 e. The van der Waals surface area contributed by atoms with Crippen molar-refractivity contribution in [3.63, 3.8) is 0 Å². The second kappa shape index (κ2) is 9.00. The molecule has 0 atom stereocenters. The van der Waals surface area contributed by atoms with Gasteiger partial charge in [-0.05, 0) is 54.4 Å². The molecule has 0 unspecified atom stereocenters. The van der Waals surface area contributed by atoms with Gasteiger partial charge in [-0.3, -0.25) is 9.59 Å². The highest BCUT2D eigenvalue weighted by Crippen LogP contribution is 2.38. The van der Waals surface area contributed by atoms with Crippen LogP contribution in [0.15, 0.2) is 24.3 Å². The molecule has 2 amide bonds. The lowest BCUT2D eigenvalue weighted by molar-refractivity contribution is -0.119. The van der Waals surface area contributed by atoms with Crippen molar-refractivity contribution in [2.75, 3.05) is 17.2 Å². The molecule has 30 heavy (non-hydrogen) atoms. The van der Waals surface area contributed by atoms with Crippen LogP contribution in [0.2, 0.25) is 0 Å². The van der Waals surface area contributed by atoms with Crippen LogP contribution >= 0.6 is 11.3 Å². The lowest BCUT2D eigenvalue weighted by Gasteiger charge is -2.19. The number of esters is 1. The van der Waals surface area contributed by atoms with Crippen LogP contribution in [0, 0.1) is 0 Å². The molecular formula is C23H28N2O4S. The summed E-state index contributed by atoms with van der Waals surface area (Å²) in [5.41, 5.74) is 3.18. The fourth-order valence-electron chi connectivity index (χ4n) is 3.48. The minimum absolute atomic E-state index is 0.0311. The first-order valence-electron chi connectivity index (χ1n) is 10.1. The summed E-state index contributed by atoms with van der Waals surface area (Å²) < 4.78 is 5.29. The third-order valence-electron chi connectivity index (χ3n) is 5.03. The smallest absolute Gasteiger partial charge is 0.341 e. The van der Waals surface area contributed by atoms with E-state index >= 15 is 0 Å². The monoisotopic (exact) mass is 428 g/mol. The first-order valence-corrected chi connectivity index (χ1v) is 11.0. The van der Waals surface area contributed by atoms with E-state index < -0.39 is 11.9 Å². The average molecular weight is 429 g/mol. The minimum Gasteiger partial charge on any atom is -0.452 e. The van der Waals surface area contributed by atoms with Gasteiger partial charge in [0, 0.05) is 17.5 Å². The molecule has 0 spiro atoms. The van der Waals surface area contributed by atoms with Crippen LogP contribution < -0.4 is 10.6 Å². The number of amides is 2. The maximum Gasteiger partial charge on any atom is 0.341 e. The highest BCUT2D eigenvalue weighted by atomic mass is 32.1. The number of aryl methyl sites for hydroxylation is 1. The van der Waals surface area contributed by atoms with Crippen LogP contribution in [0.5, 0.6) is 0 Å². The maximum absolute atomic E-state index is 12.7. The number of fused-ring (bicyclic) bond motifs is 1. The Labute approximate surface area is 181 Å². The Balaban J connectivity index is 1.64. The van der Waals surface area contributed by atoms with Gasteiger partial charge in [0.2, 0.25) is 5.91 Å². The van der Waals surface area contributed by atoms with E-state index in [4.69, 9.17) is 4.74 Å². The van der Waals surface area contributed by atoms with Gasteiger partial charge in [-0.15, -0.1) is 11.3 Å². The molecule has 0 aliphatic heterocycles. The average Bonchev–Trinajstić information content (AvgIpc) is 3.03. The predicted octanol–water partition coefficient (Wildman–Crippen LogP) is 4.68. The fourth-order valence-corrected chi connectivity index (χ4v) is 4.81. The molecular weight excluding hydrogens is 400 g/mol. The summed E-state index contributed by atoms with van der Waals surface area (Å²) in [6, 6.07) is 7.62. The summed E-state index contributed by atoms with van der Waals surface area (Å²) >= 11 is 1.43. The zero-order valence-corrected chi connectivity index (χ0v) is 18.7. The number of anilines is 2. The fraction of sp³-hybridized carbons (Fsp3) is 0.435. The van der Waals surface area contributed by atoms with Crippen molar-refractivity contribution in [3.05, 3.63) is 45.8 Å². The molecule has 0 fully saturated rings. The van der Waals surface area contributed by atoms with Crippen molar-refractivity contribution < 1.29 is 19.1 Å². The van der Waals surface area contributed by atoms with Gasteiger partial charge in [0.05, 0.1) is 5.56 Å². The highest BCUT2D eigenvalue weighted by Gasteiger charge is 2.27. The standard InChI is InChI=1S/C23H28N2O4S/c1-14(26)24-21-20(17-7-5-6-8-18(17)30-21)22(28)29-13-19(27)25-16-11-9-15(10-12-16)23(2,3)4/h9-12H,5-8,13H2,1-4H3,(H,24,26)(H,25,27). The van der Waals surface area contributed by atoms with E-state index in [2.05, 4.69) is 31.4 Å². The van der Waals surface area contributed by atoms with E-state index in [1.54, 1.807) is 0 Å². The number of benzene rings is 1. The summed E-state index contributed by atoms with van der Waals surface area (Å²) in [7, 11) is 0. The van der Waals surface area contributed by atoms with E-state index in [1.807, 2.05) is 24.3 Å². The van der Waals surface area contributed by atoms with Crippen LogP contribution in [0.4, 0.5) is 10.7 Å². The molecule has 7 heteroatoms. The SMILES string of the molecule is CC(=O)Nc1sc2c(c1C(=O)OCC(=O)Nc1ccc(C(C)(C)C)cc1)CCCC2. The first-order chi connectivity index (χ1) is 14.1. The number of thiophene rings is 1. The Morgan fingerprint density at radius 1 is 1.03 bits per heavy atom. The molecule has 0 radical (unpaired) electrons. The third-order valence-corrected chi connectivity index (χ3v) is 6.24. The topological polar surface area (TPSA) is 84.5 Å². The Morgan fingerprint density at radius 2 is 1.70 bits per heavy atom. The molecule has 1 aromatic carbocycles. The molecule has 1 aliphatic carbocycles. The zero-order chi connectivity index (χ0) is 21.9. The molecule has 0 saturated carbocycles. The number of ether oxygens (including phenoxy) is 1. The van der Waals surface area contributed by atoms with Gasteiger partial charge in [0.15, 0.2) is 6.61 Å². The summed E-state index contributed by atoms with van der Waals surface area (Å²) in [4.78, 5) is 37.7. The molecule has 3 rings (SSSR count). The van der Waals surface area contributed by atoms with E-state index in [-0.39, 0.29) is 17.9 Å². The normalized spacial score (nSPS) is 13.3. The van der Waals surface area contributed by atoms with Gasteiger partial charge < -0.3 is 15.4 Å². The Hall–Kier alpha value is -2.67. The Kier molecular flexibility index (Phi) is 6.61. The van der Waals surface area contributed by atoms with Gasteiger partial charge in [0.25, 0.3) is 5.91 Å². The van der Waals surface area contributed by atoms with Gasteiger partial charge >= 0.3 is 5.97 Å². The van der Waals surface area contributed by atoms with E-state index in [1.165, 1.54) is 23.8 Å². The zero-order valence-electron chi connectivity index (χ0n) is 17.9. The maximum atomic E-state index is 12.7. The summed E-state index contributed by atoms with van der Waals surface area (Å²) in [5.74, 6) is -1.22. The van der Waals surface area contributed by atoms with Gasteiger partial charge in [-0.1, -0.05) is 32.9 Å². The van der Waals surface area contributed by atoms with Crippen molar-refractivity contribution in [2.45, 2.75) is 58.8 Å². The molecule has 1 heterocycles. The minimum atomic E-state index is -0.573. The number of hydrogen-bond acceptors (Lipinski definition) is 5. The molecule has 2 N–H and O–H groups in total. The Bertz CT molecular complexity index is 955. The number of hydrogen-bond donors (Lipinski definition) is 2. The second-order valence-corrected chi connectivity index (χ2v) is 9.65. The number of rotatable bonds is 5. The van der Waals surface area contributed by atoms with Crippen molar-refractivity contribution in [1.29, 1.82) is 0 Å². The molecule has 160 valence electrons. The molecule has 2 aromatic rings. The summed E-state index contributed by atoms with van der Waals surface area (Å²) in [6.45, 7) is 7.39. The number of carbonyl (C=O) groups is 3. The van der Waals surface area contributed by atoms with E-state index in [9.17, 15) is 14.4 Å². The predicted molar refractivity (Wildman–Crippen MR) is 119 cm³/mol.